The van der Waals surface area contributed by atoms with Gasteiger partial charge in [0.05, 0.1) is 22.4 Å². The van der Waals surface area contributed by atoms with E-state index in [1.54, 1.807) is 0 Å². The van der Waals surface area contributed by atoms with Crippen LogP contribution in [0.2, 0.25) is 0 Å². The molecule has 53 heavy (non-hydrogen) atoms. The molecule has 250 valence electrons. The molecule has 1 aliphatic carbocycles. The molecule has 0 atom stereocenters. The minimum absolute atomic E-state index is 0.0978. The Morgan fingerprint density at radius 1 is 0.453 bits per heavy atom. The van der Waals surface area contributed by atoms with Crippen molar-refractivity contribution in [3.8, 4) is 50.7 Å². The number of benzene rings is 7. The van der Waals surface area contributed by atoms with Gasteiger partial charge >= 0.3 is 0 Å². The average Bonchev–Trinajstić information content (AvgIpc) is 3.81. The molecule has 0 radical (unpaired) electrons. The molecule has 11 rings (SSSR count). The SMILES string of the molecule is CC1(C)c2ccccc2-c2cc3c4cc5c(cc4n(-c4ccc(-c6nc(-c7ccccc7)cc(-c7ccccc7)n6)cc4)c3cc21)sc1ccccc15. The third kappa shape index (κ3) is 4.59. The predicted molar refractivity (Wildman–Crippen MR) is 223 cm³/mol. The Labute approximate surface area is 311 Å². The van der Waals surface area contributed by atoms with Crippen LogP contribution < -0.4 is 0 Å². The van der Waals surface area contributed by atoms with Gasteiger partial charge in [-0.05, 0) is 82.9 Å². The maximum Gasteiger partial charge on any atom is 0.160 e. The topological polar surface area (TPSA) is 30.7 Å². The number of thiophene rings is 1. The zero-order valence-corrected chi connectivity index (χ0v) is 30.2. The van der Waals surface area contributed by atoms with E-state index in [4.69, 9.17) is 9.97 Å². The van der Waals surface area contributed by atoms with Crippen molar-refractivity contribution in [1.82, 2.24) is 14.5 Å². The van der Waals surface area contributed by atoms with Crippen LogP contribution in [-0.4, -0.2) is 14.5 Å². The van der Waals surface area contributed by atoms with Gasteiger partial charge in [-0.1, -0.05) is 117 Å². The lowest BCUT2D eigenvalue weighted by Gasteiger charge is -2.21. The van der Waals surface area contributed by atoms with Gasteiger partial charge in [0.1, 0.15) is 0 Å². The number of fused-ring (bicyclic) bond motifs is 9. The monoisotopic (exact) mass is 695 g/mol. The smallest absolute Gasteiger partial charge is 0.160 e. The highest BCUT2D eigenvalue weighted by Gasteiger charge is 2.36. The fraction of sp³-hybridized carbons (Fsp3) is 0.0612. The Kier molecular flexibility index (Phi) is 6.47. The lowest BCUT2D eigenvalue weighted by Crippen LogP contribution is -2.14. The molecule has 0 unspecified atom stereocenters. The zero-order valence-electron chi connectivity index (χ0n) is 29.3. The highest BCUT2D eigenvalue weighted by atomic mass is 32.1. The van der Waals surface area contributed by atoms with Gasteiger partial charge in [-0.2, -0.15) is 0 Å². The van der Waals surface area contributed by atoms with Crippen molar-refractivity contribution in [3.63, 3.8) is 0 Å². The van der Waals surface area contributed by atoms with Gasteiger partial charge in [0.2, 0.25) is 0 Å². The van der Waals surface area contributed by atoms with Crippen LogP contribution in [0.5, 0.6) is 0 Å². The minimum atomic E-state index is -0.0978. The lowest BCUT2D eigenvalue weighted by atomic mass is 9.82. The molecule has 1 aliphatic rings. The van der Waals surface area contributed by atoms with E-state index in [1.807, 2.05) is 23.5 Å². The van der Waals surface area contributed by atoms with Crippen LogP contribution >= 0.6 is 11.3 Å². The summed E-state index contributed by atoms with van der Waals surface area (Å²) >= 11 is 1.87. The number of aromatic nitrogens is 3. The number of hydrogen-bond acceptors (Lipinski definition) is 3. The summed E-state index contributed by atoms with van der Waals surface area (Å²) in [5.74, 6) is 0.711. The second-order valence-corrected chi connectivity index (χ2v) is 15.7. The molecule has 3 nitrogen and oxygen atoms in total. The summed E-state index contributed by atoms with van der Waals surface area (Å²) in [6.07, 6.45) is 0. The predicted octanol–water partition coefficient (Wildman–Crippen LogP) is 13.2. The average molecular weight is 696 g/mol. The van der Waals surface area contributed by atoms with E-state index in [9.17, 15) is 0 Å². The molecule has 0 spiro atoms. The normalized spacial score (nSPS) is 13.2. The van der Waals surface area contributed by atoms with E-state index < -0.39 is 0 Å². The Morgan fingerprint density at radius 2 is 1.08 bits per heavy atom. The van der Waals surface area contributed by atoms with E-state index >= 15 is 0 Å². The van der Waals surface area contributed by atoms with Crippen molar-refractivity contribution < 1.29 is 0 Å². The van der Waals surface area contributed by atoms with Crippen LogP contribution in [-0.2, 0) is 5.41 Å². The van der Waals surface area contributed by atoms with E-state index in [2.05, 4.69) is 170 Å². The highest BCUT2D eigenvalue weighted by Crippen LogP contribution is 2.51. The molecule has 0 saturated heterocycles. The highest BCUT2D eigenvalue weighted by molar-refractivity contribution is 7.25. The third-order valence-electron chi connectivity index (χ3n) is 11.2. The van der Waals surface area contributed by atoms with Gasteiger partial charge in [-0.25, -0.2) is 9.97 Å². The number of hydrogen-bond donors (Lipinski definition) is 0. The van der Waals surface area contributed by atoms with Gasteiger partial charge in [0.15, 0.2) is 5.82 Å². The molecule has 10 aromatic rings. The minimum Gasteiger partial charge on any atom is -0.309 e. The molecule has 0 fully saturated rings. The Morgan fingerprint density at radius 3 is 1.81 bits per heavy atom. The first-order chi connectivity index (χ1) is 26.0. The van der Waals surface area contributed by atoms with Crippen molar-refractivity contribution in [2.45, 2.75) is 19.3 Å². The largest absolute Gasteiger partial charge is 0.309 e. The molecule has 7 aromatic carbocycles. The fourth-order valence-electron chi connectivity index (χ4n) is 8.56. The summed E-state index contributed by atoms with van der Waals surface area (Å²) in [5.41, 5.74) is 13.8. The first-order valence-electron chi connectivity index (χ1n) is 18.2. The van der Waals surface area contributed by atoms with Crippen molar-refractivity contribution in [2.24, 2.45) is 0 Å². The molecule has 0 amide bonds. The molecular weight excluding hydrogens is 663 g/mol. The van der Waals surface area contributed by atoms with E-state index in [0.717, 1.165) is 33.8 Å². The molecule has 0 saturated carbocycles. The maximum absolute atomic E-state index is 5.11. The van der Waals surface area contributed by atoms with Crippen molar-refractivity contribution in [2.75, 3.05) is 0 Å². The first-order valence-corrected chi connectivity index (χ1v) is 19.0. The van der Waals surface area contributed by atoms with Gasteiger partial charge in [-0.15, -0.1) is 11.3 Å². The van der Waals surface area contributed by atoms with Gasteiger partial charge in [-0.3, -0.25) is 0 Å². The van der Waals surface area contributed by atoms with Crippen LogP contribution in [0.4, 0.5) is 0 Å². The lowest BCUT2D eigenvalue weighted by molar-refractivity contribution is 0.661. The van der Waals surface area contributed by atoms with Crippen molar-refractivity contribution in [1.29, 1.82) is 0 Å². The van der Waals surface area contributed by atoms with Gasteiger partial charge in [0, 0.05) is 58.7 Å². The van der Waals surface area contributed by atoms with Crippen LogP contribution in [0.1, 0.15) is 25.0 Å². The first kappa shape index (κ1) is 30.3. The fourth-order valence-corrected chi connectivity index (χ4v) is 9.68. The Bertz CT molecular complexity index is 3000. The number of nitrogens with zero attached hydrogens (tertiary/aromatic N) is 3. The van der Waals surface area contributed by atoms with Gasteiger partial charge in [0.25, 0.3) is 0 Å². The zero-order chi connectivity index (χ0) is 35.3. The maximum atomic E-state index is 5.11. The van der Waals surface area contributed by atoms with Crippen molar-refractivity contribution >= 4 is 53.3 Å². The second kappa shape index (κ2) is 11.3. The van der Waals surface area contributed by atoms with Gasteiger partial charge < -0.3 is 4.57 Å². The molecular formula is C49H33N3S. The summed E-state index contributed by atoms with van der Waals surface area (Å²) in [5, 5.41) is 5.19. The molecule has 3 heterocycles. The molecule has 0 N–H and O–H groups in total. The van der Waals surface area contributed by atoms with Crippen LogP contribution in [0, 0.1) is 0 Å². The Hall–Kier alpha value is -6.36. The summed E-state index contributed by atoms with van der Waals surface area (Å²) in [6, 6.07) is 59.1. The van der Waals surface area contributed by atoms with E-state index in [-0.39, 0.29) is 5.41 Å². The molecule has 0 bridgehead atoms. The van der Waals surface area contributed by atoms with Crippen LogP contribution in [0.3, 0.4) is 0 Å². The molecule has 0 aliphatic heterocycles. The second-order valence-electron chi connectivity index (χ2n) is 14.6. The van der Waals surface area contributed by atoms with Crippen LogP contribution in [0.25, 0.3) is 92.7 Å². The van der Waals surface area contributed by atoms with Crippen molar-refractivity contribution in [3.05, 3.63) is 175 Å². The standard InChI is InChI=1S/C49H33N3S/c1-49(2)40-19-11-9-17-34(40)36-25-37-38-26-39-35-18-10-12-20-46(35)53-47(39)29-45(38)52(44(37)27-41(36)49)33-23-21-32(22-24-33)48-50-42(30-13-5-3-6-14-30)28-43(51-48)31-15-7-4-8-16-31/h3-29H,1-2H3. The third-order valence-corrected chi connectivity index (χ3v) is 12.3. The summed E-state index contributed by atoms with van der Waals surface area (Å²) in [7, 11) is 0. The summed E-state index contributed by atoms with van der Waals surface area (Å²) in [6.45, 7) is 4.72. The summed E-state index contributed by atoms with van der Waals surface area (Å²) < 4.78 is 5.09. The molecule has 3 aromatic heterocycles. The molecule has 4 heteroatoms. The van der Waals surface area contributed by atoms with Crippen LogP contribution in [0.15, 0.2) is 164 Å². The number of rotatable bonds is 4. The quantitative estimate of drug-likeness (QED) is 0.183. The Balaban J connectivity index is 1.13. The van der Waals surface area contributed by atoms with E-state index in [1.165, 1.54) is 64.2 Å². The van der Waals surface area contributed by atoms with E-state index in [0.29, 0.717) is 5.82 Å². The summed E-state index contributed by atoms with van der Waals surface area (Å²) in [4.78, 5) is 10.2.